The topological polar surface area (TPSA) is 149 Å². The predicted molar refractivity (Wildman–Crippen MR) is 90.4 cm³/mol. The van der Waals surface area contributed by atoms with Crippen LogP contribution in [0.4, 0.5) is 4.79 Å². The molecule has 1 heterocycles. The van der Waals surface area contributed by atoms with Crippen LogP contribution >= 0.6 is 0 Å². The van der Waals surface area contributed by atoms with Crippen molar-refractivity contribution in [3.63, 3.8) is 0 Å². The van der Waals surface area contributed by atoms with Gasteiger partial charge >= 0.3 is 18.0 Å². The first kappa shape index (κ1) is 21.5. The van der Waals surface area contributed by atoms with Gasteiger partial charge in [-0.3, -0.25) is 9.69 Å². The van der Waals surface area contributed by atoms with Crippen LogP contribution in [0.25, 0.3) is 0 Å². The molecule has 0 aromatic heterocycles. The number of imide groups is 1. The Balaban J connectivity index is 0.000000277. The zero-order valence-corrected chi connectivity index (χ0v) is 14.6. The summed E-state index contributed by atoms with van der Waals surface area (Å²) in [5.74, 6) is -2.58. The van der Waals surface area contributed by atoms with E-state index in [-0.39, 0.29) is 24.2 Å². The molecular weight excluding hydrogens is 360 g/mol. The van der Waals surface area contributed by atoms with Gasteiger partial charge in [0, 0.05) is 0 Å². The van der Waals surface area contributed by atoms with Crippen molar-refractivity contribution in [3.05, 3.63) is 35.4 Å². The molecule has 2 N–H and O–H groups in total. The van der Waals surface area contributed by atoms with Gasteiger partial charge in [-0.05, 0) is 38.1 Å². The lowest BCUT2D eigenvalue weighted by molar-refractivity contribution is -0.133. The SMILES string of the molecule is CC1(C)C(=O)N(CC=O)C(=O)N1CC=O.O=C(O)c1ccc(C(=O)O)cc1. The number of hydrogen-bond acceptors (Lipinski definition) is 6. The first-order valence-electron chi connectivity index (χ1n) is 7.65. The van der Waals surface area contributed by atoms with Crippen molar-refractivity contribution in [1.29, 1.82) is 0 Å². The lowest BCUT2D eigenvalue weighted by atomic mass is 10.0. The predicted octanol–water partition coefficient (Wildman–Crippen LogP) is 0.510. The maximum Gasteiger partial charge on any atom is 0.335 e. The lowest BCUT2D eigenvalue weighted by Crippen LogP contribution is -2.45. The van der Waals surface area contributed by atoms with Crippen LogP contribution in [0.3, 0.4) is 0 Å². The summed E-state index contributed by atoms with van der Waals surface area (Å²) in [6, 6.07) is 4.43. The van der Waals surface area contributed by atoms with Crippen molar-refractivity contribution in [3.8, 4) is 0 Å². The fraction of sp³-hybridized carbons (Fsp3) is 0.294. The molecule has 0 saturated carbocycles. The molecule has 0 spiro atoms. The number of aromatic carboxylic acids is 2. The minimum absolute atomic E-state index is 0.0833. The van der Waals surface area contributed by atoms with Crippen LogP contribution < -0.4 is 0 Å². The Hall–Kier alpha value is -3.56. The van der Waals surface area contributed by atoms with Gasteiger partial charge in [0.25, 0.3) is 5.91 Å². The standard InChI is InChI=1S/C9H12N2O4.C8H6O4/c1-9(2)7(14)10(3-5-12)8(15)11(9)4-6-13;9-7(10)5-1-2-6(4-3-5)8(11)12/h5-6H,3-4H2,1-2H3;1-4H,(H,9,10)(H,11,12). The molecule has 1 fully saturated rings. The van der Waals surface area contributed by atoms with Gasteiger partial charge in [-0.25, -0.2) is 14.4 Å². The monoisotopic (exact) mass is 378 g/mol. The van der Waals surface area contributed by atoms with E-state index in [0.29, 0.717) is 12.6 Å². The molecule has 0 aliphatic carbocycles. The zero-order valence-electron chi connectivity index (χ0n) is 14.6. The molecule has 1 aromatic rings. The number of aldehydes is 2. The zero-order chi connectivity index (χ0) is 20.8. The van der Waals surface area contributed by atoms with Crippen LogP contribution in [-0.4, -0.2) is 75.1 Å². The summed E-state index contributed by atoms with van der Waals surface area (Å²) in [6.07, 6.45) is 1.04. The highest BCUT2D eigenvalue weighted by Gasteiger charge is 2.50. The Labute approximate surface area is 154 Å². The van der Waals surface area contributed by atoms with E-state index >= 15 is 0 Å². The van der Waals surface area contributed by atoms with Crippen molar-refractivity contribution in [1.82, 2.24) is 9.80 Å². The summed E-state index contributed by atoms with van der Waals surface area (Å²) in [5, 5.41) is 16.9. The van der Waals surface area contributed by atoms with Gasteiger partial charge in [-0.1, -0.05) is 0 Å². The van der Waals surface area contributed by atoms with Crippen molar-refractivity contribution in [2.45, 2.75) is 19.4 Å². The van der Waals surface area contributed by atoms with Gasteiger partial charge in [-0.2, -0.15) is 0 Å². The summed E-state index contributed by atoms with van der Waals surface area (Å²) in [6.45, 7) is 2.67. The van der Waals surface area contributed by atoms with Gasteiger partial charge in [0.15, 0.2) is 0 Å². The van der Waals surface area contributed by atoms with Gasteiger partial charge in [0.1, 0.15) is 18.1 Å². The highest BCUT2D eigenvalue weighted by molar-refractivity contribution is 6.08. The van der Waals surface area contributed by atoms with E-state index in [1.165, 1.54) is 24.3 Å². The fourth-order valence-corrected chi connectivity index (χ4v) is 2.29. The molecule has 10 heteroatoms. The van der Waals surface area contributed by atoms with Crippen molar-refractivity contribution < 1.29 is 39.0 Å². The molecule has 0 atom stereocenters. The number of benzene rings is 1. The maximum absolute atomic E-state index is 11.7. The second kappa shape index (κ2) is 8.70. The second-order valence-electron chi connectivity index (χ2n) is 5.89. The van der Waals surface area contributed by atoms with Gasteiger partial charge in [0.2, 0.25) is 0 Å². The van der Waals surface area contributed by atoms with Crippen LogP contribution in [0.5, 0.6) is 0 Å². The summed E-state index contributed by atoms with van der Waals surface area (Å²) in [5.41, 5.74) is -0.888. The summed E-state index contributed by atoms with van der Waals surface area (Å²) < 4.78 is 0. The van der Waals surface area contributed by atoms with E-state index in [1.54, 1.807) is 13.8 Å². The smallest absolute Gasteiger partial charge is 0.335 e. The second-order valence-corrected chi connectivity index (χ2v) is 5.89. The van der Waals surface area contributed by atoms with Crippen molar-refractivity contribution in [2.75, 3.05) is 13.1 Å². The number of carboxylic acids is 2. The number of urea groups is 1. The number of carbonyl (C=O) groups excluding carboxylic acids is 4. The first-order valence-corrected chi connectivity index (χ1v) is 7.65. The van der Waals surface area contributed by atoms with E-state index in [9.17, 15) is 28.8 Å². The van der Waals surface area contributed by atoms with Crippen LogP contribution in [0.15, 0.2) is 24.3 Å². The van der Waals surface area contributed by atoms with Crippen molar-refractivity contribution >= 4 is 36.4 Å². The molecule has 1 aliphatic heterocycles. The molecule has 2 rings (SSSR count). The van der Waals surface area contributed by atoms with Crippen molar-refractivity contribution in [2.24, 2.45) is 0 Å². The fourth-order valence-electron chi connectivity index (χ4n) is 2.29. The molecule has 0 radical (unpaired) electrons. The average molecular weight is 378 g/mol. The highest BCUT2D eigenvalue weighted by atomic mass is 16.4. The largest absolute Gasteiger partial charge is 0.478 e. The Bertz CT molecular complexity index is 737. The maximum atomic E-state index is 11.7. The number of hydrogen-bond donors (Lipinski definition) is 2. The van der Waals surface area contributed by atoms with E-state index in [4.69, 9.17) is 10.2 Å². The molecule has 144 valence electrons. The molecule has 3 amide bonds. The molecule has 1 saturated heterocycles. The van der Waals surface area contributed by atoms with Gasteiger partial charge < -0.3 is 24.7 Å². The normalized spacial score (nSPS) is 15.0. The number of carboxylic acid groups (broad SMARTS) is 2. The summed E-state index contributed by atoms with van der Waals surface area (Å²) >= 11 is 0. The van der Waals surface area contributed by atoms with Crippen LogP contribution in [0, 0.1) is 0 Å². The van der Waals surface area contributed by atoms with E-state index in [1.807, 2.05) is 0 Å². The highest BCUT2D eigenvalue weighted by Crippen LogP contribution is 2.26. The van der Waals surface area contributed by atoms with E-state index < -0.39 is 29.4 Å². The molecule has 1 aliphatic rings. The third kappa shape index (κ3) is 4.75. The minimum Gasteiger partial charge on any atom is -0.478 e. The number of nitrogens with zero attached hydrogens (tertiary/aromatic N) is 2. The van der Waals surface area contributed by atoms with Gasteiger partial charge in [0.05, 0.1) is 24.2 Å². The van der Waals surface area contributed by atoms with Crippen LogP contribution in [0.1, 0.15) is 34.6 Å². The molecular formula is C17H18N2O8. The molecule has 10 nitrogen and oxygen atoms in total. The van der Waals surface area contributed by atoms with Crippen LogP contribution in [-0.2, 0) is 14.4 Å². The quantitative estimate of drug-likeness (QED) is 0.537. The molecule has 1 aromatic carbocycles. The summed E-state index contributed by atoms with van der Waals surface area (Å²) in [4.78, 5) is 66.6. The Kier molecular flexibility index (Phi) is 6.92. The third-order valence-corrected chi connectivity index (χ3v) is 3.80. The van der Waals surface area contributed by atoms with Gasteiger partial charge in [-0.15, -0.1) is 0 Å². The average Bonchev–Trinajstić information content (AvgIpc) is 2.77. The summed E-state index contributed by atoms with van der Waals surface area (Å²) in [7, 11) is 0. The first-order chi connectivity index (χ1) is 12.6. The minimum atomic E-state index is -1.06. The lowest BCUT2D eigenvalue weighted by Gasteiger charge is -2.25. The Morgan fingerprint density at radius 2 is 1.33 bits per heavy atom. The Morgan fingerprint density at radius 3 is 1.67 bits per heavy atom. The third-order valence-electron chi connectivity index (χ3n) is 3.80. The van der Waals surface area contributed by atoms with Crippen LogP contribution in [0.2, 0.25) is 0 Å². The molecule has 0 bridgehead atoms. The van der Waals surface area contributed by atoms with E-state index in [0.717, 1.165) is 9.80 Å². The number of amides is 3. The Morgan fingerprint density at radius 1 is 0.926 bits per heavy atom. The molecule has 27 heavy (non-hydrogen) atoms. The van der Waals surface area contributed by atoms with E-state index in [2.05, 4.69) is 0 Å². The molecule has 0 unspecified atom stereocenters. The number of carbonyl (C=O) groups is 6. The number of rotatable bonds is 6.